The summed E-state index contributed by atoms with van der Waals surface area (Å²) in [5.41, 5.74) is 7.62. The van der Waals surface area contributed by atoms with Crippen LogP contribution in [0, 0.1) is 0 Å². The molecule has 5 heteroatoms. The van der Waals surface area contributed by atoms with Gasteiger partial charge in [0.05, 0.1) is 16.9 Å². The van der Waals surface area contributed by atoms with Gasteiger partial charge in [0.2, 0.25) is 0 Å². The fourth-order valence-corrected chi connectivity index (χ4v) is 3.61. The van der Waals surface area contributed by atoms with Crippen LogP contribution in [0.1, 0.15) is 36.0 Å². The highest BCUT2D eigenvalue weighted by molar-refractivity contribution is 5.98. The summed E-state index contributed by atoms with van der Waals surface area (Å²) < 4.78 is 0. The minimum absolute atomic E-state index is 0.314. The molecule has 2 heterocycles. The van der Waals surface area contributed by atoms with Crippen LogP contribution in [0.5, 0.6) is 0 Å². The van der Waals surface area contributed by atoms with Crippen LogP contribution in [-0.4, -0.2) is 48.2 Å². The highest BCUT2D eigenvalue weighted by Crippen LogP contribution is 2.32. The average Bonchev–Trinajstić information content (AvgIpc) is 2.97. The van der Waals surface area contributed by atoms with Crippen molar-refractivity contribution in [2.24, 2.45) is 0 Å². The lowest BCUT2D eigenvalue weighted by Gasteiger charge is -2.32. The minimum atomic E-state index is -0.904. The van der Waals surface area contributed by atoms with Gasteiger partial charge in [0, 0.05) is 19.1 Å². The predicted octanol–water partition coefficient (Wildman–Crippen LogP) is 2.03. The van der Waals surface area contributed by atoms with E-state index in [4.69, 9.17) is 5.73 Å². The molecule has 0 radical (unpaired) electrons. The second-order valence-corrected chi connectivity index (χ2v) is 6.03. The fraction of sp³-hybridized carbons (Fsp3) is 0.562. The van der Waals surface area contributed by atoms with Crippen LogP contribution in [0.3, 0.4) is 0 Å². The molecular formula is C16H23N3O2. The summed E-state index contributed by atoms with van der Waals surface area (Å²) in [6, 6.07) is 5.67. The number of piperidine rings is 1. The minimum Gasteiger partial charge on any atom is -0.478 e. The van der Waals surface area contributed by atoms with Crippen molar-refractivity contribution in [1.29, 1.82) is 0 Å². The van der Waals surface area contributed by atoms with Crippen LogP contribution in [0.15, 0.2) is 18.2 Å². The van der Waals surface area contributed by atoms with Crippen molar-refractivity contribution in [3.63, 3.8) is 0 Å². The molecule has 1 unspecified atom stereocenters. The van der Waals surface area contributed by atoms with Crippen LogP contribution in [0.25, 0.3) is 0 Å². The first kappa shape index (κ1) is 14.2. The number of anilines is 2. The molecule has 3 N–H and O–H groups in total. The number of carbonyl (C=O) groups is 1. The third kappa shape index (κ3) is 2.83. The van der Waals surface area contributed by atoms with Crippen molar-refractivity contribution < 1.29 is 9.90 Å². The summed E-state index contributed by atoms with van der Waals surface area (Å²) in [6.07, 6.45) is 4.99. The Morgan fingerprint density at radius 2 is 1.95 bits per heavy atom. The zero-order valence-electron chi connectivity index (χ0n) is 12.3. The Kier molecular flexibility index (Phi) is 4.01. The van der Waals surface area contributed by atoms with Gasteiger partial charge < -0.3 is 15.7 Å². The number of nitrogens with two attached hydrogens (primary N) is 1. The Morgan fingerprint density at radius 3 is 2.67 bits per heavy atom. The van der Waals surface area contributed by atoms with Crippen molar-refractivity contribution in [3.8, 4) is 0 Å². The maximum Gasteiger partial charge on any atom is 0.337 e. The molecule has 3 rings (SSSR count). The second kappa shape index (κ2) is 5.93. The zero-order valence-corrected chi connectivity index (χ0v) is 12.3. The number of carboxylic acid groups (broad SMARTS) is 1. The van der Waals surface area contributed by atoms with Crippen molar-refractivity contribution in [2.75, 3.05) is 36.8 Å². The lowest BCUT2D eigenvalue weighted by Crippen LogP contribution is -2.41. The molecule has 1 aromatic carbocycles. The normalized spacial score (nSPS) is 23.4. The van der Waals surface area contributed by atoms with Gasteiger partial charge >= 0.3 is 5.97 Å². The molecule has 21 heavy (non-hydrogen) atoms. The third-order valence-electron chi connectivity index (χ3n) is 4.68. The van der Waals surface area contributed by atoms with Gasteiger partial charge in [-0.15, -0.1) is 0 Å². The van der Waals surface area contributed by atoms with Crippen LogP contribution in [-0.2, 0) is 0 Å². The standard InChI is InChI=1S/C16H23N3O2/c17-14-6-4-5-13(16(20)21)15(14)19-10-7-12(11-19)18-8-2-1-3-9-18/h4-6,12H,1-3,7-11,17H2,(H,20,21). The molecule has 1 atom stereocenters. The molecule has 0 saturated carbocycles. The van der Waals surface area contributed by atoms with Crippen molar-refractivity contribution in [2.45, 2.75) is 31.7 Å². The Bertz CT molecular complexity index is 526. The van der Waals surface area contributed by atoms with Crippen molar-refractivity contribution in [3.05, 3.63) is 23.8 Å². The van der Waals surface area contributed by atoms with E-state index in [1.54, 1.807) is 18.2 Å². The number of nitrogen functional groups attached to an aromatic ring is 1. The second-order valence-electron chi connectivity index (χ2n) is 6.03. The van der Waals surface area contributed by atoms with E-state index in [0.29, 0.717) is 23.0 Å². The van der Waals surface area contributed by atoms with Gasteiger partial charge in [-0.05, 0) is 44.5 Å². The molecule has 2 fully saturated rings. The highest BCUT2D eigenvalue weighted by Gasteiger charge is 2.31. The molecule has 2 aliphatic heterocycles. The fourth-order valence-electron chi connectivity index (χ4n) is 3.61. The number of rotatable bonds is 3. The van der Waals surface area contributed by atoms with E-state index < -0.39 is 5.97 Å². The third-order valence-corrected chi connectivity index (χ3v) is 4.68. The summed E-state index contributed by atoms with van der Waals surface area (Å²) >= 11 is 0. The van der Waals surface area contributed by atoms with Gasteiger partial charge in [0.1, 0.15) is 0 Å². The number of benzene rings is 1. The number of nitrogens with zero attached hydrogens (tertiary/aromatic N) is 2. The quantitative estimate of drug-likeness (QED) is 0.833. The number of para-hydroxylation sites is 1. The molecule has 0 bridgehead atoms. The monoisotopic (exact) mass is 289 g/mol. The summed E-state index contributed by atoms with van der Waals surface area (Å²) in [5, 5.41) is 9.37. The first-order valence-corrected chi connectivity index (χ1v) is 7.77. The lowest BCUT2D eigenvalue weighted by atomic mass is 10.1. The van der Waals surface area contributed by atoms with Crippen LogP contribution in [0.2, 0.25) is 0 Å². The van der Waals surface area contributed by atoms with E-state index in [2.05, 4.69) is 9.80 Å². The average molecular weight is 289 g/mol. The molecular weight excluding hydrogens is 266 g/mol. The number of aromatic carboxylic acids is 1. The lowest BCUT2D eigenvalue weighted by molar-refractivity contribution is 0.0697. The molecule has 0 amide bonds. The number of carboxylic acids is 1. The van der Waals surface area contributed by atoms with Gasteiger partial charge in [0.15, 0.2) is 0 Å². The van der Waals surface area contributed by atoms with E-state index in [1.165, 1.54) is 32.4 Å². The SMILES string of the molecule is Nc1cccc(C(=O)O)c1N1CCC(N2CCCCC2)C1. The van der Waals surface area contributed by atoms with Crippen LogP contribution in [0.4, 0.5) is 11.4 Å². The van der Waals surface area contributed by atoms with Crippen molar-refractivity contribution in [1.82, 2.24) is 4.90 Å². The Labute approximate surface area is 125 Å². The predicted molar refractivity (Wildman–Crippen MR) is 83.9 cm³/mol. The summed E-state index contributed by atoms with van der Waals surface area (Å²) in [4.78, 5) is 16.1. The summed E-state index contributed by atoms with van der Waals surface area (Å²) in [6.45, 7) is 4.12. The van der Waals surface area contributed by atoms with Crippen LogP contribution < -0.4 is 10.6 Å². The molecule has 1 aromatic rings. The topological polar surface area (TPSA) is 69.8 Å². The van der Waals surface area contributed by atoms with Gasteiger partial charge in [-0.2, -0.15) is 0 Å². The molecule has 2 saturated heterocycles. The largest absolute Gasteiger partial charge is 0.478 e. The Morgan fingerprint density at radius 1 is 1.19 bits per heavy atom. The first-order chi connectivity index (χ1) is 10.2. The Balaban J connectivity index is 1.78. The van der Waals surface area contributed by atoms with Gasteiger partial charge in [0.25, 0.3) is 0 Å². The maximum atomic E-state index is 11.4. The summed E-state index contributed by atoms with van der Waals surface area (Å²) in [7, 11) is 0. The molecule has 114 valence electrons. The smallest absolute Gasteiger partial charge is 0.337 e. The summed E-state index contributed by atoms with van der Waals surface area (Å²) in [5.74, 6) is -0.904. The maximum absolute atomic E-state index is 11.4. The number of hydrogen-bond donors (Lipinski definition) is 2. The highest BCUT2D eigenvalue weighted by atomic mass is 16.4. The van der Waals surface area contributed by atoms with Crippen molar-refractivity contribution >= 4 is 17.3 Å². The molecule has 0 aromatic heterocycles. The van der Waals surface area contributed by atoms with E-state index in [0.717, 1.165) is 19.5 Å². The molecule has 0 spiro atoms. The first-order valence-electron chi connectivity index (χ1n) is 7.77. The number of hydrogen-bond acceptors (Lipinski definition) is 4. The Hall–Kier alpha value is -1.75. The number of likely N-dealkylation sites (tertiary alicyclic amines) is 1. The van der Waals surface area contributed by atoms with E-state index >= 15 is 0 Å². The zero-order chi connectivity index (χ0) is 14.8. The molecule has 0 aliphatic carbocycles. The van der Waals surface area contributed by atoms with Gasteiger partial charge in [-0.1, -0.05) is 12.5 Å². The van der Waals surface area contributed by atoms with Crippen LogP contribution >= 0.6 is 0 Å². The van der Waals surface area contributed by atoms with Gasteiger partial charge in [-0.25, -0.2) is 4.79 Å². The van der Waals surface area contributed by atoms with E-state index in [1.807, 2.05) is 0 Å². The van der Waals surface area contributed by atoms with E-state index in [9.17, 15) is 9.90 Å². The van der Waals surface area contributed by atoms with E-state index in [-0.39, 0.29) is 0 Å². The molecule has 2 aliphatic rings. The van der Waals surface area contributed by atoms with Gasteiger partial charge in [-0.3, -0.25) is 4.90 Å². The molecule has 5 nitrogen and oxygen atoms in total.